The predicted octanol–water partition coefficient (Wildman–Crippen LogP) is 7.97. The van der Waals surface area contributed by atoms with Crippen LogP contribution in [0, 0.1) is 0 Å². The van der Waals surface area contributed by atoms with E-state index in [1.807, 2.05) is 30.3 Å². The number of imide groups is 1. The summed E-state index contributed by atoms with van der Waals surface area (Å²) >= 11 is 0. The van der Waals surface area contributed by atoms with Gasteiger partial charge in [-0.15, -0.1) is 0 Å². The molecular weight excluding hydrogens is 765 g/mol. The van der Waals surface area contributed by atoms with Crippen LogP contribution in [0.4, 0.5) is 10.5 Å². The largest absolute Gasteiger partial charge is 0.495 e. The smallest absolute Gasteiger partial charge is 0.338 e. The summed E-state index contributed by atoms with van der Waals surface area (Å²) in [5.41, 5.74) is 0.705. The van der Waals surface area contributed by atoms with Crippen LogP contribution in [0.15, 0.2) is 77.6 Å². The van der Waals surface area contributed by atoms with Crippen molar-refractivity contribution in [1.29, 1.82) is 0 Å². The van der Waals surface area contributed by atoms with Gasteiger partial charge in [-0.1, -0.05) is 120 Å². The van der Waals surface area contributed by atoms with Gasteiger partial charge in [0.2, 0.25) is 6.23 Å². The zero-order chi connectivity index (χ0) is 43.0. The molecule has 5 rings (SSSR count). The number of aromatic nitrogens is 2. The minimum Gasteiger partial charge on any atom is -0.495 e. The molecule has 1 aromatic heterocycles. The summed E-state index contributed by atoms with van der Waals surface area (Å²) in [5, 5.41) is 4.48. The first-order chi connectivity index (χ1) is 29.1. The number of fused-ring (bicyclic) bond motifs is 1. The molecule has 1 fully saturated rings. The lowest BCUT2D eigenvalue weighted by Crippen LogP contribution is -2.48. The number of hydrogen-bond donors (Lipinski definition) is 1. The highest BCUT2D eigenvalue weighted by Gasteiger charge is 2.52. The standard InChI is InChI=1S/C46H60N6O8/c1-6-8-9-10-11-12-13-14-15-16-17-23-30-60-45(56)34-28-29-38(58-5)37(31-34)48-41(53)39(40-47-36-27-22-21-26-35(36)42(54)52(40)49(3)4)51-43(55)44(59-7-2)50(46(51)57)32-33-24-19-18-20-25-33/h18-22,24-29,31,39,44H,6-17,23,30,32H2,1-5H3,(H,48,53). The van der Waals surface area contributed by atoms with Crippen LogP contribution >= 0.6 is 0 Å². The maximum Gasteiger partial charge on any atom is 0.338 e. The molecule has 3 aromatic carbocycles. The van der Waals surface area contributed by atoms with E-state index in [0.717, 1.165) is 40.8 Å². The van der Waals surface area contributed by atoms with Crippen LogP contribution in [0.1, 0.15) is 119 Å². The van der Waals surface area contributed by atoms with Crippen molar-refractivity contribution in [3.63, 3.8) is 0 Å². The van der Waals surface area contributed by atoms with E-state index in [-0.39, 0.29) is 53.5 Å². The van der Waals surface area contributed by atoms with Gasteiger partial charge < -0.3 is 24.5 Å². The van der Waals surface area contributed by atoms with Gasteiger partial charge in [0, 0.05) is 20.7 Å². The molecule has 0 spiro atoms. The third kappa shape index (κ3) is 11.3. The fraction of sp³-hybridized carbons (Fsp3) is 0.478. The van der Waals surface area contributed by atoms with Crippen molar-refractivity contribution in [2.75, 3.05) is 44.7 Å². The number of carbonyl (C=O) groups is 4. The van der Waals surface area contributed by atoms with Gasteiger partial charge >= 0.3 is 12.0 Å². The van der Waals surface area contributed by atoms with E-state index in [1.54, 1.807) is 45.3 Å². The topological polar surface area (TPSA) is 153 Å². The van der Waals surface area contributed by atoms with Gasteiger partial charge in [-0.2, -0.15) is 0 Å². The first kappa shape index (κ1) is 45.3. The summed E-state index contributed by atoms with van der Waals surface area (Å²) in [7, 11) is 4.58. The molecule has 0 aliphatic carbocycles. The van der Waals surface area contributed by atoms with Gasteiger partial charge in [-0.3, -0.25) is 19.3 Å². The van der Waals surface area contributed by atoms with Gasteiger partial charge in [0.1, 0.15) is 5.75 Å². The maximum absolute atomic E-state index is 14.8. The number of unbranched alkanes of at least 4 members (excludes halogenated alkanes) is 11. The van der Waals surface area contributed by atoms with Crippen LogP contribution in [0.2, 0.25) is 0 Å². The Bertz CT molecular complexity index is 2120. The fourth-order valence-corrected chi connectivity index (χ4v) is 7.45. The minimum absolute atomic E-state index is 0.00376. The molecule has 14 nitrogen and oxygen atoms in total. The van der Waals surface area contributed by atoms with Crippen molar-refractivity contribution in [3.05, 3.63) is 100 Å². The molecule has 4 amide bonds. The quantitative estimate of drug-likeness (QED) is 0.0418. The zero-order valence-corrected chi connectivity index (χ0v) is 35.7. The number of amides is 4. The number of hydrogen-bond acceptors (Lipinski definition) is 10. The van der Waals surface area contributed by atoms with Crippen molar-refractivity contribution in [3.8, 4) is 5.75 Å². The zero-order valence-electron chi connectivity index (χ0n) is 35.7. The molecule has 1 saturated heterocycles. The molecule has 0 bridgehead atoms. The van der Waals surface area contributed by atoms with Crippen LogP contribution < -0.4 is 20.6 Å². The number of methoxy groups -OCH3 is 1. The number of rotatable bonds is 24. The van der Waals surface area contributed by atoms with Gasteiger partial charge in [-0.25, -0.2) is 24.1 Å². The third-order valence-corrected chi connectivity index (χ3v) is 10.6. The molecule has 0 saturated carbocycles. The highest BCUT2D eigenvalue weighted by Crippen LogP contribution is 2.34. The van der Waals surface area contributed by atoms with Crippen molar-refractivity contribution in [2.24, 2.45) is 0 Å². The number of carbonyl (C=O) groups excluding carboxylic acids is 4. The highest BCUT2D eigenvalue weighted by atomic mass is 16.5. The van der Waals surface area contributed by atoms with Gasteiger partial charge in [-0.05, 0) is 49.2 Å². The minimum atomic E-state index is -1.79. The maximum atomic E-state index is 14.8. The Labute approximate surface area is 352 Å². The van der Waals surface area contributed by atoms with Crippen LogP contribution in [0.3, 0.4) is 0 Å². The van der Waals surface area contributed by atoms with Gasteiger partial charge in [0.05, 0.1) is 42.4 Å². The molecule has 1 aliphatic rings. The van der Waals surface area contributed by atoms with Crippen molar-refractivity contribution in [2.45, 2.75) is 110 Å². The number of ether oxygens (including phenoxy) is 3. The van der Waals surface area contributed by atoms with E-state index >= 15 is 0 Å². The number of para-hydroxylation sites is 1. The van der Waals surface area contributed by atoms with E-state index in [9.17, 15) is 24.0 Å². The summed E-state index contributed by atoms with van der Waals surface area (Å²) in [6.07, 6.45) is 12.9. The number of nitrogens with one attached hydrogen (secondary N) is 1. The SMILES string of the molecule is CCCCCCCCCCCCCCOC(=O)c1ccc(OC)c(NC(=O)C(c2nc3ccccc3c(=O)n2N(C)C)N2C(=O)C(OCC)N(Cc3ccccc3)C2=O)c1. The van der Waals surface area contributed by atoms with E-state index < -0.39 is 41.6 Å². The Morgan fingerprint density at radius 3 is 2.08 bits per heavy atom. The van der Waals surface area contributed by atoms with E-state index in [1.165, 1.54) is 86.6 Å². The first-order valence-corrected chi connectivity index (χ1v) is 21.3. The lowest BCUT2D eigenvalue weighted by Gasteiger charge is -2.29. The normalized spacial score (nSPS) is 14.4. The van der Waals surface area contributed by atoms with Gasteiger partial charge in [0.15, 0.2) is 11.9 Å². The molecule has 322 valence electrons. The Hall–Kier alpha value is -5.76. The second kappa shape index (κ2) is 22.6. The van der Waals surface area contributed by atoms with E-state index in [2.05, 4.69) is 12.2 Å². The van der Waals surface area contributed by atoms with Crippen molar-refractivity contribution in [1.82, 2.24) is 19.5 Å². The molecule has 60 heavy (non-hydrogen) atoms. The lowest BCUT2D eigenvalue weighted by molar-refractivity contribution is -0.145. The summed E-state index contributed by atoms with van der Waals surface area (Å²) in [5.74, 6) is -2.28. The Balaban J connectivity index is 1.38. The first-order valence-electron chi connectivity index (χ1n) is 21.3. The molecule has 14 heteroatoms. The Morgan fingerprint density at radius 1 is 0.817 bits per heavy atom. The van der Waals surface area contributed by atoms with Crippen LogP contribution in [-0.2, 0) is 25.6 Å². The van der Waals surface area contributed by atoms with Gasteiger partial charge in [0.25, 0.3) is 17.4 Å². The molecule has 2 atom stereocenters. The van der Waals surface area contributed by atoms with E-state index in [4.69, 9.17) is 19.2 Å². The number of urea groups is 1. The Kier molecular flexibility index (Phi) is 17.0. The second-order valence-electron chi connectivity index (χ2n) is 15.2. The van der Waals surface area contributed by atoms with Crippen LogP contribution in [-0.4, -0.2) is 83.9 Å². The molecule has 4 aromatic rings. The van der Waals surface area contributed by atoms with E-state index in [0.29, 0.717) is 0 Å². The molecule has 1 aliphatic heterocycles. The van der Waals surface area contributed by atoms with Crippen molar-refractivity contribution < 1.29 is 33.4 Å². The average molecular weight is 825 g/mol. The molecular formula is C46H60N6O8. The van der Waals surface area contributed by atoms with Crippen LogP contribution in [0.25, 0.3) is 10.9 Å². The second-order valence-corrected chi connectivity index (χ2v) is 15.2. The fourth-order valence-electron chi connectivity index (χ4n) is 7.45. The van der Waals surface area contributed by atoms with Crippen molar-refractivity contribution >= 4 is 40.4 Å². The third-order valence-electron chi connectivity index (χ3n) is 10.6. The predicted molar refractivity (Wildman–Crippen MR) is 231 cm³/mol. The number of nitrogens with zero attached hydrogens (tertiary/aromatic N) is 5. The number of esters is 1. The molecule has 1 N–H and O–H groups in total. The Morgan fingerprint density at radius 2 is 1.45 bits per heavy atom. The molecule has 0 radical (unpaired) electrons. The molecule has 2 heterocycles. The lowest BCUT2D eigenvalue weighted by atomic mass is 10.1. The monoisotopic (exact) mass is 824 g/mol. The average Bonchev–Trinajstić information content (AvgIpc) is 3.46. The number of benzene rings is 3. The summed E-state index contributed by atoms with van der Waals surface area (Å²) in [6, 6.07) is 17.6. The van der Waals surface area contributed by atoms with Crippen LogP contribution in [0.5, 0.6) is 5.75 Å². The summed E-state index contributed by atoms with van der Waals surface area (Å²) in [4.78, 5) is 77.8. The summed E-state index contributed by atoms with van der Waals surface area (Å²) in [6.45, 7) is 4.28. The number of anilines is 1. The highest BCUT2D eigenvalue weighted by molar-refractivity contribution is 6.09. The molecule has 2 unspecified atom stereocenters. The summed E-state index contributed by atoms with van der Waals surface area (Å²) < 4.78 is 18.2.